The highest BCUT2D eigenvalue weighted by Crippen LogP contribution is 2.16. The lowest BCUT2D eigenvalue weighted by molar-refractivity contribution is 0.0523. The SMILES string of the molecule is C#CCNC(=O)OC(C)(C)C.CCCCCNc1nc(N)nc(C)c1C#CCNC(=O)OC(C)(C)C. The summed E-state index contributed by atoms with van der Waals surface area (Å²) in [6.45, 7) is 16.0. The van der Waals surface area contributed by atoms with E-state index in [-0.39, 0.29) is 19.0 Å². The van der Waals surface area contributed by atoms with Gasteiger partial charge in [-0.2, -0.15) is 4.98 Å². The Balaban J connectivity index is 0.000000935. The van der Waals surface area contributed by atoms with Crippen LogP contribution in [0.3, 0.4) is 0 Å². The predicted octanol–water partition coefficient (Wildman–Crippen LogP) is 3.99. The summed E-state index contributed by atoms with van der Waals surface area (Å²) in [4.78, 5) is 30.8. The van der Waals surface area contributed by atoms with Crippen molar-refractivity contribution in [3.63, 3.8) is 0 Å². The molecule has 10 nitrogen and oxygen atoms in total. The summed E-state index contributed by atoms with van der Waals surface area (Å²) in [5.74, 6) is 9.02. The minimum atomic E-state index is -0.533. The fourth-order valence-corrected chi connectivity index (χ4v) is 2.45. The lowest BCUT2D eigenvalue weighted by atomic mass is 10.2. The molecule has 0 fully saturated rings. The van der Waals surface area contributed by atoms with Crippen molar-refractivity contribution in [2.24, 2.45) is 0 Å². The maximum atomic E-state index is 11.6. The molecule has 1 heterocycles. The second kappa shape index (κ2) is 16.1. The van der Waals surface area contributed by atoms with Gasteiger partial charge in [-0.1, -0.05) is 37.5 Å². The Hall–Kier alpha value is -3.66. The van der Waals surface area contributed by atoms with Crippen LogP contribution in [0.15, 0.2) is 0 Å². The van der Waals surface area contributed by atoms with Gasteiger partial charge in [0.15, 0.2) is 0 Å². The van der Waals surface area contributed by atoms with Crippen LogP contribution in [0.1, 0.15) is 79.0 Å². The maximum absolute atomic E-state index is 11.6. The van der Waals surface area contributed by atoms with E-state index in [4.69, 9.17) is 21.6 Å². The van der Waals surface area contributed by atoms with Gasteiger partial charge in [-0.05, 0) is 54.9 Å². The minimum Gasteiger partial charge on any atom is -0.444 e. The third-order valence-electron chi connectivity index (χ3n) is 3.85. The number of nitrogens with zero attached hydrogens (tertiary/aromatic N) is 2. The number of carbonyl (C=O) groups excluding carboxylic acids is 2. The number of alkyl carbamates (subject to hydrolysis) is 2. The molecule has 1 rings (SSSR count). The number of amides is 2. The predicted molar refractivity (Wildman–Crippen MR) is 143 cm³/mol. The van der Waals surface area contributed by atoms with Gasteiger partial charge in [0, 0.05) is 6.54 Å². The average molecular weight is 503 g/mol. The Kier molecular flexibility index (Phi) is 14.5. The molecule has 0 saturated heterocycles. The van der Waals surface area contributed by atoms with Crippen molar-refractivity contribution in [2.75, 3.05) is 30.7 Å². The molecule has 2 amide bonds. The molecule has 0 saturated carbocycles. The second-order valence-corrected chi connectivity index (χ2v) is 9.74. The van der Waals surface area contributed by atoms with Gasteiger partial charge in [-0.3, -0.25) is 0 Å². The Bertz CT molecular complexity index is 947. The number of aryl methyl sites for hydroxylation is 1. The molecule has 1 aromatic rings. The van der Waals surface area contributed by atoms with Crippen LogP contribution in [-0.4, -0.2) is 53.0 Å². The first kappa shape index (κ1) is 32.3. The standard InChI is InChI=1S/C18H29N5O2.C8H13NO2/c1-6-7-8-11-20-15-14(13(2)22-16(19)23-15)10-9-12-21-17(24)25-18(3,4)5;1-5-6-9-7(10)11-8(2,3)4/h6-8,11-12H2,1-5H3,(H,21,24)(H3,19,20,22,23);1H,6H2,2-4H3,(H,9,10). The molecule has 0 radical (unpaired) electrons. The molecule has 0 atom stereocenters. The van der Waals surface area contributed by atoms with Gasteiger partial charge in [0.25, 0.3) is 0 Å². The Labute approximate surface area is 215 Å². The molecule has 0 bridgehead atoms. The van der Waals surface area contributed by atoms with E-state index < -0.39 is 23.4 Å². The largest absolute Gasteiger partial charge is 0.444 e. The summed E-state index contributed by atoms with van der Waals surface area (Å²) < 4.78 is 10.1. The Morgan fingerprint density at radius 1 is 0.972 bits per heavy atom. The molecular weight excluding hydrogens is 460 g/mol. The summed E-state index contributed by atoms with van der Waals surface area (Å²) >= 11 is 0. The summed E-state index contributed by atoms with van der Waals surface area (Å²) in [6, 6.07) is 0. The number of nitrogens with two attached hydrogens (primary N) is 1. The van der Waals surface area contributed by atoms with Gasteiger partial charge < -0.3 is 31.2 Å². The van der Waals surface area contributed by atoms with E-state index >= 15 is 0 Å². The summed E-state index contributed by atoms with van der Waals surface area (Å²) in [5.41, 5.74) is 6.13. The minimum absolute atomic E-state index is 0.175. The smallest absolute Gasteiger partial charge is 0.408 e. The molecule has 1 aromatic heterocycles. The van der Waals surface area contributed by atoms with Crippen molar-refractivity contribution in [2.45, 2.75) is 85.9 Å². The van der Waals surface area contributed by atoms with Crippen LogP contribution in [-0.2, 0) is 9.47 Å². The van der Waals surface area contributed by atoms with Crippen LogP contribution in [0.4, 0.5) is 21.4 Å². The van der Waals surface area contributed by atoms with E-state index in [1.165, 1.54) is 0 Å². The number of nitrogen functional groups attached to an aromatic ring is 1. The van der Waals surface area contributed by atoms with Crippen molar-refractivity contribution in [1.82, 2.24) is 20.6 Å². The molecule has 0 aliphatic carbocycles. The zero-order chi connectivity index (χ0) is 27.8. The van der Waals surface area contributed by atoms with Gasteiger partial charge in [0.1, 0.15) is 17.0 Å². The van der Waals surface area contributed by atoms with Gasteiger partial charge in [-0.15, -0.1) is 6.42 Å². The van der Waals surface area contributed by atoms with Gasteiger partial charge in [0.2, 0.25) is 5.95 Å². The highest BCUT2D eigenvalue weighted by atomic mass is 16.6. The van der Waals surface area contributed by atoms with E-state index in [2.05, 4.69) is 50.6 Å². The highest BCUT2D eigenvalue weighted by Gasteiger charge is 2.16. The molecule has 0 aliphatic rings. The number of unbranched alkanes of at least 4 members (excludes halogenated alkanes) is 2. The van der Waals surface area contributed by atoms with Gasteiger partial charge in [-0.25, -0.2) is 14.6 Å². The van der Waals surface area contributed by atoms with Crippen molar-refractivity contribution >= 4 is 24.0 Å². The van der Waals surface area contributed by atoms with Crippen molar-refractivity contribution in [1.29, 1.82) is 0 Å². The number of hydrogen-bond acceptors (Lipinski definition) is 8. The van der Waals surface area contributed by atoms with Crippen molar-refractivity contribution < 1.29 is 19.1 Å². The molecule has 0 aromatic carbocycles. The number of carbonyl (C=O) groups is 2. The first-order chi connectivity index (χ1) is 16.7. The van der Waals surface area contributed by atoms with Crippen LogP contribution < -0.4 is 21.7 Å². The molecular formula is C26H42N6O4. The van der Waals surface area contributed by atoms with Crippen LogP contribution >= 0.6 is 0 Å². The Morgan fingerprint density at radius 3 is 2.03 bits per heavy atom. The van der Waals surface area contributed by atoms with Crippen LogP contribution in [0.5, 0.6) is 0 Å². The number of aromatic nitrogens is 2. The van der Waals surface area contributed by atoms with E-state index in [0.717, 1.165) is 25.8 Å². The number of rotatable bonds is 7. The second-order valence-electron chi connectivity index (χ2n) is 9.74. The third-order valence-corrected chi connectivity index (χ3v) is 3.85. The molecule has 0 aliphatic heterocycles. The third kappa shape index (κ3) is 16.9. The number of terminal acetylenes is 1. The molecule has 36 heavy (non-hydrogen) atoms. The van der Waals surface area contributed by atoms with E-state index in [1.807, 2.05) is 27.7 Å². The molecule has 10 heteroatoms. The summed E-state index contributed by atoms with van der Waals surface area (Å²) in [7, 11) is 0. The number of anilines is 2. The summed E-state index contributed by atoms with van der Waals surface area (Å²) in [5, 5.41) is 8.26. The lowest BCUT2D eigenvalue weighted by Crippen LogP contribution is -2.32. The van der Waals surface area contributed by atoms with Crippen LogP contribution in [0.25, 0.3) is 0 Å². The topological polar surface area (TPSA) is 140 Å². The maximum Gasteiger partial charge on any atom is 0.408 e. The summed E-state index contributed by atoms with van der Waals surface area (Å²) in [6.07, 6.45) is 7.29. The van der Waals surface area contributed by atoms with E-state index in [9.17, 15) is 9.59 Å². The monoisotopic (exact) mass is 502 g/mol. The highest BCUT2D eigenvalue weighted by molar-refractivity contribution is 5.68. The zero-order valence-corrected chi connectivity index (χ0v) is 22.9. The quantitative estimate of drug-likeness (QED) is 0.324. The van der Waals surface area contributed by atoms with Crippen LogP contribution in [0, 0.1) is 31.1 Å². The molecule has 5 N–H and O–H groups in total. The number of nitrogens with one attached hydrogen (secondary N) is 3. The van der Waals surface area contributed by atoms with Gasteiger partial charge in [0.05, 0.1) is 24.3 Å². The number of ether oxygens (including phenoxy) is 2. The van der Waals surface area contributed by atoms with Crippen LogP contribution in [0.2, 0.25) is 0 Å². The average Bonchev–Trinajstić information content (AvgIpc) is 2.72. The normalized spacial score (nSPS) is 10.4. The van der Waals surface area contributed by atoms with E-state index in [1.54, 1.807) is 20.8 Å². The molecule has 0 spiro atoms. The van der Waals surface area contributed by atoms with Gasteiger partial charge >= 0.3 is 12.2 Å². The lowest BCUT2D eigenvalue weighted by Gasteiger charge is -2.19. The zero-order valence-electron chi connectivity index (χ0n) is 22.9. The first-order valence-electron chi connectivity index (χ1n) is 11.9. The fourth-order valence-electron chi connectivity index (χ4n) is 2.45. The van der Waals surface area contributed by atoms with Crippen molar-refractivity contribution in [3.05, 3.63) is 11.3 Å². The fraction of sp³-hybridized carbons (Fsp3) is 0.615. The molecule has 200 valence electrons. The number of hydrogen-bond donors (Lipinski definition) is 4. The first-order valence-corrected chi connectivity index (χ1v) is 11.9. The van der Waals surface area contributed by atoms with Crippen molar-refractivity contribution in [3.8, 4) is 24.2 Å². The Morgan fingerprint density at radius 2 is 1.53 bits per heavy atom. The van der Waals surface area contributed by atoms with E-state index in [0.29, 0.717) is 17.1 Å². The molecule has 0 unspecified atom stereocenters.